The number of nitro groups is 1. The largest absolute Gasteiger partial charge is 0.465 e. The smallest absolute Gasteiger partial charge is 0.294 e. The van der Waals surface area contributed by atoms with Crippen molar-refractivity contribution in [3.8, 4) is 5.69 Å². The fraction of sp³-hybridized carbons (Fsp3) is 0. The van der Waals surface area contributed by atoms with Gasteiger partial charge in [-0.1, -0.05) is 23.7 Å². The van der Waals surface area contributed by atoms with E-state index in [1.54, 1.807) is 48.6 Å². The van der Waals surface area contributed by atoms with Gasteiger partial charge in [-0.15, -0.1) is 0 Å². The quantitative estimate of drug-likeness (QED) is 0.370. The van der Waals surface area contributed by atoms with Crippen LogP contribution in [0.5, 0.6) is 0 Å². The van der Waals surface area contributed by atoms with Crippen molar-refractivity contribution >= 4 is 40.3 Å². The maximum atomic E-state index is 13.2. The predicted octanol–water partition coefficient (Wildman–Crippen LogP) is 4.71. The van der Waals surface area contributed by atoms with Crippen molar-refractivity contribution in [3.63, 3.8) is 0 Å². The molecular formula is C20H12ClN3O4. The second-order valence-corrected chi connectivity index (χ2v) is 6.30. The summed E-state index contributed by atoms with van der Waals surface area (Å²) in [5.41, 5.74) is -0.148. The van der Waals surface area contributed by atoms with Gasteiger partial charge in [0.25, 0.3) is 11.2 Å². The standard InChI is InChI=1S/C20H12ClN3O4/c21-13-7-9-17(18(12-13)24(26)27)23-19(10-8-14-4-3-11-28-14)22-16-6-2-1-5-15(16)20(23)25/h1-12H/b10-8+. The number of nitrogens with zero attached hydrogens (tertiary/aromatic N) is 3. The van der Waals surface area contributed by atoms with Crippen LogP contribution in [0.1, 0.15) is 11.6 Å². The van der Waals surface area contributed by atoms with Crippen molar-refractivity contribution in [3.05, 3.63) is 97.9 Å². The van der Waals surface area contributed by atoms with E-state index in [0.717, 1.165) is 0 Å². The highest BCUT2D eigenvalue weighted by molar-refractivity contribution is 6.30. The van der Waals surface area contributed by atoms with Gasteiger partial charge in [-0.05, 0) is 48.6 Å². The number of hydrogen-bond donors (Lipinski definition) is 0. The molecule has 0 radical (unpaired) electrons. The van der Waals surface area contributed by atoms with Gasteiger partial charge in [-0.2, -0.15) is 0 Å². The van der Waals surface area contributed by atoms with Crippen molar-refractivity contribution < 1.29 is 9.34 Å². The molecule has 0 spiro atoms. The molecule has 0 unspecified atom stereocenters. The summed E-state index contributed by atoms with van der Waals surface area (Å²) in [4.78, 5) is 28.7. The van der Waals surface area contributed by atoms with Crippen LogP contribution in [-0.4, -0.2) is 14.5 Å². The molecule has 0 atom stereocenters. The molecular weight excluding hydrogens is 382 g/mol. The molecule has 0 aliphatic carbocycles. The van der Waals surface area contributed by atoms with E-state index in [4.69, 9.17) is 16.0 Å². The second kappa shape index (κ2) is 7.13. The lowest BCUT2D eigenvalue weighted by Crippen LogP contribution is -2.23. The van der Waals surface area contributed by atoms with Crippen LogP contribution in [0, 0.1) is 10.1 Å². The van der Waals surface area contributed by atoms with E-state index in [-0.39, 0.29) is 22.2 Å². The van der Waals surface area contributed by atoms with Crippen LogP contribution in [-0.2, 0) is 0 Å². The highest BCUT2D eigenvalue weighted by Crippen LogP contribution is 2.27. The Morgan fingerprint density at radius 3 is 2.68 bits per heavy atom. The molecule has 7 nitrogen and oxygen atoms in total. The minimum absolute atomic E-state index is 0.0803. The number of rotatable bonds is 4. The van der Waals surface area contributed by atoms with E-state index in [2.05, 4.69) is 4.98 Å². The third-order valence-electron chi connectivity index (χ3n) is 4.12. The summed E-state index contributed by atoms with van der Waals surface area (Å²) in [5, 5.41) is 12.1. The van der Waals surface area contributed by atoms with Crippen molar-refractivity contribution in [1.29, 1.82) is 0 Å². The summed E-state index contributed by atoms with van der Waals surface area (Å²) in [5.74, 6) is 0.782. The highest BCUT2D eigenvalue weighted by atomic mass is 35.5. The summed E-state index contributed by atoms with van der Waals surface area (Å²) in [6.45, 7) is 0. The first-order chi connectivity index (χ1) is 13.5. The van der Waals surface area contributed by atoms with Crippen LogP contribution in [0.25, 0.3) is 28.7 Å². The van der Waals surface area contributed by atoms with E-state index in [1.807, 2.05) is 0 Å². The molecule has 8 heteroatoms. The molecule has 0 fully saturated rings. The third-order valence-corrected chi connectivity index (χ3v) is 4.35. The molecule has 2 aromatic carbocycles. The Bertz CT molecular complexity index is 1280. The van der Waals surface area contributed by atoms with Crippen LogP contribution in [0.15, 0.2) is 70.1 Å². The molecule has 4 rings (SSSR count). The molecule has 0 N–H and O–H groups in total. The summed E-state index contributed by atoms with van der Waals surface area (Å²) in [6, 6.07) is 14.4. The van der Waals surface area contributed by atoms with Gasteiger partial charge in [-0.3, -0.25) is 19.5 Å². The molecule has 2 heterocycles. The van der Waals surface area contributed by atoms with Gasteiger partial charge >= 0.3 is 0 Å². The fourth-order valence-corrected chi connectivity index (χ4v) is 3.04. The van der Waals surface area contributed by atoms with Gasteiger partial charge in [-0.25, -0.2) is 4.98 Å². The Labute approximate surface area is 163 Å². The zero-order chi connectivity index (χ0) is 19.7. The Balaban J connectivity index is 2.04. The Morgan fingerprint density at radius 1 is 1.11 bits per heavy atom. The summed E-state index contributed by atoms with van der Waals surface area (Å²) >= 11 is 5.92. The first-order valence-corrected chi connectivity index (χ1v) is 8.60. The van der Waals surface area contributed by atoms with Gasteiger partial charge in [0, 0.05) is 11.1 Å². The number of nitro benzene ring substituents is 1. The fourth-order valence-electron chi connectivity index (χ4n) is 2.87. The number of halogens is 1. The molecule has 0 aliphatic rings. The molecule has 4 aromatic rings. The average Bonchev–Trinajstić information content (AvgIpc) is 3.20. The summed E-state index contributed by atoms with van der Waals surface area (Å²) in [6.07, 6.45) is 4.73. The minimum atomic E-state index is -0.580. The third kappa shape index (κ3) is 3.19. The van der Waals surface area contributed by atoms with E-state index >= 15 is 0 Å². The number of fused-ring (bicyclic) bond motifs is 1. The lowest BCUT2D eigenvalue weighted by atomic mass is 10.2. The normalized spacial score (nSPS) is 11.3. The average molecular weight is 394 g/mol. The van der Waals surface area contributed by atoms with Gasteiger partial charge in [0.15, 0.2) is 0 Å². The number of para-hydroxylation sites is 1. The minimum Gasteiger partial charge on any atom is -0.465 e. The van der Waals surface area contributed by atoms with Crippen LogP contribution in [0.3, 0.4) is 0 Å². The summed E-state index contributed by atoms with van der Waals surface area (Å²) < 4.78 is 6.47. The van der Waals surface area contributed by atoms with E-state index in [1.165, 1.54) is 29.0 Å². The molecule has 0 amide bonds. The lowest BCUT2D eigenvalue weighted by Gasteiger charge is -2.12. The van der Waals surface area contributed by atoms with E-state index in [9.17, 15) is 14.9 Å². The van der Waals surface area contributed by atoms with Gasteiger partial charge in [0.2, 0.25) is 0 Å². The zero-order valence-electron chi connectivity index (χ0n) is 14.3. The van der Waals surface area contributed by atoms with Crippen LogP contribution < -0.4 is 5.56 Å². The van der Waals surface area contributed by atoms with Crippen molar-refractivity contribution in [2.75, 3.05) is 0 Å². The second-order valence-electron chi connectivity index (χ2n) is 5.87. The summed E-state index contributed by atoms with van der Waals surface area (Å²) in [7, 11) is 0. The van der Waals surface area contributed by atoms with Crippen LogP contribution in [0.2, 0.25) is 5.02 Å². The molecule has 0 bridgehead atoms. The van der Waals surface area contributed by atoms with Gasteiger partial charge in [0.05, 0.1) is 22.1 Å². The molecule has 28 heavy (non-hydrogen) atoms. The number of hydrogen-bond acceptors (Lipinski definition) is 5. The molecule has 0 saturated heterocycles. The number of benzene rings is 2. The van der Waals surface area contributed by atoms with E-state index in [0.29, 0.717) is 16.7 Å². The molecule has 0 aliphatic heterocycles. The molecule has 0 saturated carbocycles. The van der Waals surface area contributed by atoms with Crippen molar-refractivity contribution in [1.82, 2.24) is 9.55 Å². The first kappa shape index (κ1) is 17.7. The maximum absolute atomic E-state index is 13.2. The lowest BCUT2D eigenvalue weighted by molar-refractivity contribution is -0.384. The number of aromatic nitrogens is 2. The highest BCUT2D eigenvalue weighted by Gasteiger charge is 2.20. The van der Waals surface area contributed by atoms with Gasteiger partial charge in [0.1, 0.15) is 17.3 Å². The zero-order valence-corrected chi connectivity index (χ0v) is 15.0. The maximum Gasteiger partial charge on any atom is 0.294 e. The van der Waals surface area contributed by atoms with Crippen LogP contribution in [0.4, 0.5) is 5.69 Å². The Morgan fingerprint density at radius 2 is 1.93 bits per heavy atom. The Hall–Kier alpha value is -3.71. The first-order valence-electron chi connectivity index (χ1n) is 8.22. The molecule has 2 aromatic heterocycles. The SMILES string of the molecule is O=c1c2ccccc2nc(/C=C/c2ccco2)n1-c1ccc(Cl)cc1[N+](=O)[O-]. The predicted molar refractivity (Wildman–Crippen MR) is 107 cm³/mol. The van der Waals surface area contributed by atoms with E-state index < -0.39 is 10.5 Å². The monoisotopic (exact) mass is 393 g/mol. The molecule has 138 valence electrons. The Kier molecular flexibility index (Phi) is 4.50. The van der Waals surface area contributed by atoms with Gasteiger partial charge < -0.3 is 4.42 Å². The number of furan rings is 1. The van der Waals surface area contributed by atoms with Crippen molar-refractivity contribution in [2.45, 2.75) is 0 Å². The topological polar surface area (TPSA) is 91.2 Å². The van der Waals surface area contributed by atoms with Crippen molar-refractivity contribution in [2.24, 2.45) is 0 Å². The van der Waals surface area contributed by atoms with Crippen LogP contribution >= 0.6 is 11.6 Å².